The van der Waals surface area contributed by atoms with E-state index in [0.29, 0.717) is 5.41 Å². The molecule has 2 atom stereocenters. The van der Waals surface area contributed by atoms with Crippen molar-refractivity contribution in [2.45, 2.75) is 52.5 Å². The van der Waals surface area contributed by atoms with Crippen LogP contribution in [0.1, 0.15) is 46.5 Å². The van der Waals surface area contributed by atoms with Gasteiger partial charge in [-0.05, 0) is 24.2 Å². The van der Waals surface area contributed by atoms with E-state index in [-0.39, 0.29) is 30.3 Å². The van der Waals surface area contributed by atoms with Gasteiger partial charge >= 0.3 is 0 Å². The maximum atomic E-state index is 11.7. The molecule has 0 radical (unpaired) electrons. The molecule has 2 unspecified atom stereocenters. The second-order valence-corrected chi connectivity index (χ2v) is 5.29. The minimum atomic E-state index is -0.348. The predicted molar refractivity (Wildman–Crippen MR) is 69.6 cm³/mol. The lowest BCUT2D eigenvalue weighted by Gasteiger charge is -2.38. The highest BCUT2D eigenvalue weighted by Gasteiger charge is 2.32. The number of nitrogens with two attached hydrogens (primary N) is 1. The minimum Gasteiger partial charge on any atom is -0.354 e. The Labute approximate surface area is 105 Å². The van der Waals surface area contributed by atoms with Gasteiger partial charge < -0.3 is 11.1 Å². The monoisotopic (exact) mass is 248 g/mol. The standard InChI is InChI=1S/C12H24N2O.ClH/c1-4-9(2)10(13)11(15)14-8-12(3)6-5-7-12;/h9-10H,4-8,13H2,1-3H3,(H,14,15);1H. The highest BCUT2D eigenvalue weighted by atomic mass is 35.5. The number of amides is 1. The smallest absolute Gasteiger partial charge is 0.237 e. The number of carbonyl (C=O) groups is 1. The number of hydrogen-bond acceptors (Lipinski definition) is 2. The summed E-state index contributed by atoms with van der Waals surface area (Å²) in [6.07, 6.45) is 4.70. The maximum Gasteiger partial charge on any atom is 0.237 e. The number of halogens is 1. The first kappa shape index (κ1) is 15.7. The third kappa shape index (κ3) is 3.95. The Bertz CT molecular complexity index is 229. The van der Waals surface area contributed by atoms with Crippen molar-refractivity contribution in [2.24, 2.45) is 17.1 Å². The molecule has 96 valence electrons. The van der Waals surface area contributed by atoms with Crippen LogP contribution in [0.5, 0.6) is 0 Å². The summed E-state index contributed by atoms with van der Waals surface area (Å²) in [6, 6.07) is -0.348. The first-order valence-electron chi connectivity index (χ1n) is 6.02. The van der Waals surface area contributed by atoms with Crippen molar-refractivity contribution >= 4 is 18.3 Å². The van der Waals surface area contributed by atoms with Crippen LogP contribution < -0.4 is 11.1 Å². The largest absolute Gasteiger partial charge is 0.354 e. The molecule has 0 aromatic rings. The number of hydrogen-bond donors (Lipinski definition) is 2. The van der Waals surface area contributed by atoms with Crippen LogP contribution in [0.15, 0.2) is 0 Å². The lowest BCUT2D eigenvalue weighted by atomic mass is 9.70. The van der Waals surface area contributed by atoms with Crippen LogP contribution in [-0.2, 0) is 4.79 Å². The van der Waals surface area contributed by atoms with Gasteiger partial charge in [0, 0.05) is 6.54 Å². The Morgan fingerprint density at radius 2 is 2.06 bits per heavy atom. The van der Waals surface area contributed by atoms with Gasteiger partial charge in [-0.25, -0.2) is 0 Å². The van der Waals surface area contributed by atoms with Gasteiger partial charge in [-0.15, -0.1) is 12.4 Å². The molecule has 16 heavy (non-hydrogen) atoms. The molecule has 1 rings (SSSR count). The molecule has 0 heterocycles. The van der Waals surface area contributed by atoms with Gasteiger partial charge in [0.25, 0.3) is 0 Å². The molecule has 1 aliphatic rings. The Balaban J connectivity index is 0.00000225. The van der Waals surface area contributed by atoms with Crippen LogP contribution in [0, 0.1) is 11.3 Å². The highest BCUT2D eigenvalue weighted by molar-refractivity contribution is 5.85. The fourth-order valence-corrected chi connectivity index (χ4v) is 1.89. The third-order valence-electron chi connectivity index (χ3n) is 3.81. The predicted octanol–water partition coefficient (Wildman–Crippen LogP) is 2.09. The average molecular weight is 249 g/mol. The summed E-state index contributed by atoms with van der Waals surface area (Å²) in [5.41, 5.74) is 6.19. The van der Waals surface area contributed by atoms with Crippen molar-refractivity contribution in [3.05, 3.63) is 0 Å². The lowest BCUT2D eigenvalue weighted by Crippen LogP contribution is -2.48. The van der Waals surface area contributed by atoms with Crippen LogP contribution in [-0.4, -0.2) is 18.5 Å². The normalized spacial score (nSPS) is 21.2. The van der Waals surface area contributed by atoms with E-state index in [1.54, 1.807) is 0 Å². The van der Waals surface area contributed by atoms with Gasteiger partial charge in [-0.3, -0.25) is 4.79 Å². The first-order chi connectivity index (χ1) is 6.98. The summed E-state index contributed by atoms with van der Waals surface area (Å²) in [4.78, 5) is 11.7. The summed E-state index contributed by atoms with van der Waals surface area (Å²) in [5.74, 6) is 0.275. The van der Waals surface area contributed by atoms with E-state index in [1.807, 2.05) is 6.92 Å². The molecule has 0 saturated heterocycles. The molecule has 0 aromatic carbocycles. The van der Waals surface area contributed by atoms with Crippen LogP contribution in [0.25, 0.3) is 0 Å². The molecule has 3 N–H and O–H groups in total. The summed E-state index contributed by atoms with van der Waals surface area (Å²) in [5, 5.41) is 2.98. The fraction of sp³-hybridized carbons (Fsp3) is 0.917. The topological polar surface area (TPSA) is 55.1 Å². The molecule has 1 saturated carbocycles. The molecule has 0 aliphatic heterocycles. The lowest BCUT2D eigenvalue weighted by molar-refractivity contribution is -0.124. The first-order valence-corrected chi connectivity index (χ1v) is 6.02. The molecule has 1 fully saturated rings. The minimum absolute atomic E-state index is 0. The Kier molecular flexibility index (Phi) is 6.34. The molecule has 4 heteroatoms. The maximum absolute atomic E-state index is 11.7. The van der Waals surface area contributed by atoms with Crippen molar-refractivity contribution in [1.82, 2.24) is 5.32 Å². The fourth-order valence-electron chi connectivity index (χ4n) is 1.89. The highest BCUT2D eigenvalue weighted by Crippen LogP contribution is 2.39. The number of carbonyl (C=O) groups excluding carboxylic acids is 1. The van der Waals surface area contributed by atoms with E-state index in [1.165, 1.54) is 19.3 Å². The summed E-state index contributed by atoms with van der Waals surface area (Å²) < 4.78 is 0. The van der Waals surface area contributed by atoms with Gasteiger partial charge in [-0.2, -0.15) is 0 Å². The van der Waals surface area contributed by atoms with Gasteiger partial charge in [-0.1, -0.05) is 33.6 Å². The molecule has 0 spiro atoms. The van der Waals surface area contributed by atoms with Crippen LogP contribution in [0.4, 0.5) is 0 Å². The van der Waals surface area contributed by atoms with Crippen LogP contribution in [0.3, 0.4) is 0 Å². The zero-order chi connectivity index (χ0) is 11.5. The van der Waals surface area contributed by atoms with Crippen molar-refractivity contribution in [1.29, 1.82) is 0 Å². The van der Waals surface area contributed by atoms with Crippen molar-refractivity contribution in [2.75, 3.05) is 6.54 Å². The van der Waals surface area contributed by atoms with Crippen molar-refractivity contribution in [3.63, 3.8) is 0 Å². The number of rotatable bonds is 5. The second kappa shape index (κ2) is 6.45. The molecule has 1 aliphatic carbocycles. The van der Waals surface area contributed by atoms with E-state index in [9.17, 15) is 4.79 Å². The molecule has 0 aromatic heterocycles. The number of nitrogens with one attached hydrogen (secondary N) is 1. The summed E-state index contributed by atoms with van der Waals surface area (Å²) in [7, 11) is 0. The van der Waals surface area contributed by atoms with Gasteiger partial charge in [0.15, 0.2) is 0 Å². The third-order valence-corrected chi connectivity index (χ3v) is 3.81. The Morgan fingerprint density at radius 3 is 2.44 bits per heavy atom. The van der Waals surface area contributed by atoms with E-state index in [2.05, 4.69) is 19.2 Å². The van der Waals surface area contributed by atoms with Gasteiger partial charge in [0.1, 0.15) is 0 Å². The Morgan fingerprint density at radius 1 is 1.50 bits per heavy atom. The van der Waals surface area contributed by atoms with Crippen molar-refractivity contribution < 1.29 is 4.79 Å². The van der Waals surface area contributed by atoms with E-state index in [0.717, 1.165) is 13.0 Å². The Hall–Kier alpha value is -0.280. The van der Waals surface area contributed by atoms with E-state index in [4.69, 9.17) is 5.73 Å². The zero-order valence-electron chi connectivity index (χ0n) is 10.6. The van der Waals surface area contributed by atoms with Crippen molar-refractivity contribution in [3.8, 4) is 0 Å². The van der Waals surface area contributed by atoms with Crippen LogP contribution in [0.2, 0.25) is 0 Å². The van der Waals surface area contributed by atoms with Crippen LogP contribution >= 0.6 is 12.4 Å². The average Bonchev–Trinajstić information content (AvgIpc) is 2.20. The molecular formula is C12H25ClN2O. The molecule has 0 bridgehead atoms. The van der Waals surface area contributed by atoms with Gasteiger partial charge in [0.05, 0.1) is 6.04 Å². The summed E-state index contributed by atoms with van der Waals surface area (Å²) >= 11 is 0. The zero-order valence-corrected chi connectivity index (χ0v) is 11.4. The summed E-state index contributed by atoms with van der Waals surface area (Å²) in [6.45, 7) is 7.10. The quantitative estimate of drug-likeness (QED) is 0.783. The molecule has 3 nitrogen and oxygen atoms in total. The van der Waals surface area contributed by atoms with E-state index >= 15 is 0 Å². The molecular weight excluding hydrogens is 224 g/mol. The SMILES string of the molecule is CCC(C)C(N)C(=O)NCC1(C)CCC1.Cl. The molecule has 1 amide bonds. The van der Waals surface area contributed by atoms with Gasteiger partial charge in [0.2, 0.25) is 5.91 Å². The second-order valence-electron chi connectivity index (χ2n) is 5.29. The van der Waals surface area contributed by atoms with E-state index < -0.39 is 0 Å².